The van der Waals surface area contributed by atoms with Gasteiger partial charge in [0.15, 0.2) is 10.7 Å². The first-order valence-corrected chi connectivity index (χ1v) is 4.42. The molecule has 0 fully saturated rings. The van der Waals surface area contributed by atoms with Crippen LogP contribution in [0.1, 0.15) is 5.76 Å². The highest BCUT2D eigenvalue weighted by molar-refractivity contribution is 9.10. The van der Waals surface area contributed by atoms with Gasteiger partial charge in [-0.1, -0.05) is 11.6 Å². The van der Waals surface area contributed by atoms with Gasteiger partial charge in [-0.25, -0.2) is 9.97 Å². The summed E-state index contributed by atoms with van der Waals surface area (Å²) in [5.74, 6) is 0.757. The maximum atomic E-state index is 5.78. The van der Waals surface area contributed by atoms with Crippen LogP contribution in [0, 0.1) is 6.92 Å². The van der Waals surface area contributed by atoms with Gasteiger partial charge in [-0.05, 0) is 22.9 Å². The summed E-state index contributed by atoms with van der Waals surface area (Å²) >= 11 is 9.12. The molecule has 0 saturated heterocycles. The lowest BCUT2D eigenvalue weighted by Crippen LogP contribution is -1.78. The maximum Gasteiger partial charge on any atom is 0.191 e. The van der Waals surface area contributed by atoms with E-state index in [1.807, 2.05) is 6.92 Å². The summed E-state index contributed by atoms with van der Waals surface area (Å²) in [6.07, 6.45) is 1.41. The lowest BCUT2D eigenvalue weighted by atomic mass is 10.4. The van der Waals surface area contributed by atoms with Crippen LogP contribution in [-0.4, -0.2) is 9.97 Å². The number of hydrogen-bond donors (Lipinski definition) is 0. The molecule has 0 N–H and O–H groups in total. The van der Waals surface area contributed by atoms with Crippen LogP contribution in [0.2, 0.25) is 5.15 Å². The molecule has 0 aliphatic rings. The zero-order chi connectivity index (χ0) is 8.72. The topological polar surface area (TPSA) is 38.9 Å². The Bertz CT molecular complexity index is 440. The minimum atomic E-state index is 0.341. The van der Waals surface area contributed by atoms with Crippen LogP contribution in [0.5, 0.6) is 0 Å². The SMILES string of the molecule is Cc1oc2c(Cl)ncnc2c1Br. The molecule has 0 radical (unpaired) electrons. The quantitative estimate of drug-likeness (QED) is 0.672. The van der Waals surface area contributed by atoms with Gasteiger partial charge in [-0.15, -0.1) is 0 Å². The number of hydrogen-bond acceptors (Lipinski definition) is 3. The van der Waals surface area contributed by atoms with Crippen molar-refractivity contribution in [3.63, 3.8) is 0 Å². The van der Waals surface area contributed by atoms with Crippen molar-refractivity contribution in [1.29, 1.82) is 0 Å². The molecule has 0 bridgehead atoms. The predicted molar refractivity (Wildman–Crippen MR) is 49.3 cm³/mol. The minimum Gasteiger partial charge on any atom is -0.455 e. The second-order valence-corrected chi connectivity index (χ2v) is 3.47. The van der Waals surface area contributed by atoms with E-state index in [1.54, 1.807) is 0 Å². The van der Waals surface area contributed by atoms with Crippen molar-refractivity contribution in [2.75, 3.05) is 0 Å². The number of nitrogens with zero attached hydrogens (tertiary/aromatic N) is 2. The monoisotopic (exact) mass is 246 g/mol. The Morgan fingerprint density at radius 3 is 2.92 bits per heavy atom. The number of aromatic nitrogens is 2. The molecule has 12 heavy (non-hydrogen) atoms. The molecule has 0 saturated carbocycles. The molecule has 0 aliphatic carbocycles. The Morgan fingerprint density at radius 1 is 1.50 bits per heavy atom. The van der Waals surface area contributed by atoms with Gasteiger partial charge in [-0.2, -0.15) is 0 Å². The summed E-state index contributed by atoms with van der Waals surface area (Å²) in [5, 5.41) is 0.341. The van der Waals surface area contributed by atoms with E-state index in [1.165, 1.54) is 6.33 Å². The zero-order valence-corrected chi connectivity index (χ0v) is 8.48. The molecule has 62 valence electrons. The number of aryl methyl sites for hydroxylation is 1. The normalized spacial score (nSPS) is 10.9. The average Bonchev–Trinajstić information content (AvgIpc) is 2.32. The number of fused-ring (bicyclic) bond motifs is 1. The molecule has 5 heteroatoms. The molecule has 0 aromatic carbocycles. The molecule has 0 unspecified atom stereocenters. The molecule has 2 heterocycles. The van der Waals surface area contributed by atoms with Crippen molar-refractivity contribution in [2.24, 2.45) is 0 Å². The van der Waals surface area contributed by atoms with Crippen LogP contribution in [-0.2, 0) is 0 Å². The molecule has 0 spiro atoms. The molecule has 2 rings (SSSR count). The Labute approximate surface area is 81.9 Å². The first-order chi connectivity index (χ1) is 5.70. The molecule has 2 aromatic heterocycles. The van der Waals surface area contributed by atoms with Gasteiger partial charge in [0.1, 0.15) is 17.6 Å². The summed E-state index contributed by atoms with van der Waals surface area (Å²) in [6.45, 7) is 1.84. The Morgan fingerprint density at radius 2 is 2.25 bits per heavy atom. The van der Waals surface area contributed by atoms with Gasteiger partial charge in [-0.3, -0.25) is 0 Å². The van der Waals surface area contributed by atoms with Crippen molar-refractivity contribution in [3.8, 4) is 0 Å². The van der Waals surface area contributed by atoms with Crippen molar-refractivity contribution in [1.82, 2.24) is 9.97 Å². The van der Waals surface area contributed by atoms with Gasteiger partial charge < -0.3 is 4.42 Å². The van der Waals surface area contributed by atoms with Gasteiger partial charge >= 0.3 is 0 Å². The van der Waals surface area contributed by atoms with Crippen LogP contribution in [0.15, 0.2) is 15.2 Å². The Hall–Kier alpha value is -0.610. The second-order valence-electron chi connectivity index (χ2n) is 2.31. The summed E-state index contributed by atoms with van der Waals surface area (Å²) in [5.41, 5.74) is 1.25. The zero-order valence-electron chi connectivity index (χ0n) is 6.14. The Balaban J connectivity index is 2.95. The summed E-state index contributed by atoms with van der Waals surface area (Å²) in [7, 11) is 0. The van der Waals surface area contributed by atoms with Gasteiger partial charge in [0.25, 0.3) is 0 Å². The van der Waals surface area contributed by atoms with E-state index < -0.39 is 0 Å². The lowest BCUT2D eigenvalue weighted by molar-refractivity contribution is 0.574. The first kappa shape index (κ1) is 8.01. The summed E-state index contributed by atoms with van der Waals surface area (Å²) in [6, 6.07) is 0. The highest BCUT2D eigenvalue weighted by atomic mass is 79.9. The minimum absolute atomic E-state index is 0.341. The third-order valence-corrected chi connectivity index (χ3v) is 2.74. The molecule has 0 aliphatic heterocycles. The third-order valence-electron chi connectivity index (χ3n) is 1.53. The third kappa shape index (κ3) is 1.03. The van der Waals surface area contributed by atoms with E-state index in [9.17, 15) is 0 Å². The molecule has 0 amide bonds. The second kappa shape index (κ2) is 2.71. The standard InChI is InChI=1S/C7H4BrClN2O/c1-3-4(8)5-6(12-3)7(9)11-2-10-5/h2H,1H3. The van der Waals surface area contributed by atoms with E-state index >= 15 is 0 Å². The maximum absolute atomic E-state index is 5.78. The largest absolute Gasteiger partial charge is 0.455 e. The van der Waals surface area contributed by atoms with E-state index in [-0.39, 0.29) is 0 Å². The number of halogens is 2. The van der Waals surface area contributed by atoms with Crippen molar-refractivity contribution in [2.45, 2.75) is 6.92 Å². The highest BCUT2D eigenvalue weighted by Gasteiger charge is 2.12. The molecule has 3 nitrogen and oxygen atoms in total. The molecule has 0 atom stereocenters. The van der Waals surface area contributed by atoms with Crippen LogP contribution in [0.3, 0.4) is 0 Å². The predicted octanol–water partition coefficient (Wildman–Crippen LogP) is 2.95. The highest BCUT2D eigenvalue weighted by Crippen LogP contribution is 2.31. The number of furan rings is 1. The smallest absolute Gasteiger partial charge is 0.191 e. The average molecular weight is 247 g/mol. The summed E-state index contributed by atoms with van der Waals surface area (Å²) in [4.78, 5) is 7.83. The van der Waals surface area contributed by atoms with Crippen LogP contribution < -0.4 is 0 Å². The van der Waals surface area contributed by atoms with Crippen molar-refractivity contribution < 1.29 is 4.42 Å². The van der Waals surface area contributed by atoms with Gasteiger partial charge in [0, 0.05) is 0 Å². The van der Waals surface area contributed by atoms with Crippen LogP contribution in [0.4, 0.5) is 0 Å². The molecule has 2 aromatic rings. The van der Waals surface area contributed by atoms with E-state index in [0.717, 1.165) is 10.2 Å². The van der Waals surface area contributed by atoms with E-state index in [2.05, 4.69) is 25.9 Å². The van der Waals surface area contributed by atoms with Crippen LogP contribution >= 0.6 is 27.5 Å². The van der Waals surface area contributed by atoms with Crippen LogP contribution in [0.25, 0.3) is 11.1 Å². The van der Waals surface area contributed by atoms with Gasteiger partial charge in [0.2, 0.25) is 0 Å². The van der Waals surface area contributed by atoms with Crippen molar-refractivity contribution >= 4 is 38.6 Å². The van der Waals surface area contributed by atoms with Gasteiger partial charge in [0.05, 0.1) is 4.47 Å². The fourth-order valence-corrected chi connectivity index (χ4v) is 1.50. The molecular formula is C7H4BrClN2O. The number of rotatable bonds is 0. The first-order valence-electron chi connectivity index (χ1n) is 3.25. The van der Waals surface area contributed by atoms with E-state index in [0.29, 0.717) is 16.3 Å². The summed E-state index contributed by atoms with van der Waals surface area (Å²) < 4.78 is 6.16. The fourth-order valence-electron chi connectivity index (χ4n) is 0.964. The molecular weight excluding hydrogens is 243 g/mol. The van der Waals surface area contributed by atoms with E-state index in [4.69, 9.17) is 16.0 Å². The Kier molecular flexibility index (Phi) is 1.81. The lowest BCUT2D eigenvalue weighted by Gasteiger charge is -1.87. The van der Waals surface area contributed by atoms with Crippen molar-refractivity contribution in [3.05, 3.63) is 21.7 Å². The fraction of sp³-hybridized carbons (Fsp3) is 0.143.